The predicted octanol–water partition coefficient (Wildman–Crippen LogP) is 2.56. The molecule has 2 aromatic carbocycles. The zero-order valence-corrected chi connectivity index (χ0v) is 18.8. The molecule has 6 nitrogen and oxygen atoms in total. The Morgan fingerprint density at radius 2 is 2.00 bits per heavy atom. The van der Waals surface area contributed by atoms with E-state index in [1.807, 2.05) is 25.1 Å². The smallest absolute Gasteiger partial charge is 0.123 e. The molecule has 3 N–H and O–H groups in total. The summed E-state index contributed by atoms with van der Waals surface area (Å²) in [5, 5.41) is 9.67. The van der Waals surface area contributed by atoms with Crippen molar-refractivity contribution in [3.05, 3.63) is 65.5 Å². The molecule has 2 aliphatic rings. The highest BCUT2D eigenvalue weighted by Crippen LogP contribution is 2.27. The number of hydrogen-bond acceptors (Lipinski definition) is 6. The van der Waals surface area contributed by atoms with Gasteiger partial charge in [-0.1, -0.05) is 24.3 Å². The van der Waals surface area contributed by atoms with Crippen LogP contribution in [0.15, 0.2) is 48.5 Å². The van der Waals surface area contributed by atoms with Gasteiger partial charge in [0.2, 0.25) is 0 Å². The number of piperazine rings is 1. The molecule has 0 bridgehead atoms. The third-order valence-electron chi connectivity index (χ3n) is 6.56. The van der Waals surface area contributed by atoms with Crippen LogP contribution in [0.4, 0.5) is 4.39 Å². The van der Waals surface area contributed by atoms with Gasteiger partial charge in [0.25, 0.3) is 0 Å². The Labute approximate surface area is 190 Å². The lowest BCUT2D eigenvalue weighted by atomic mass is 9.93. The van der Waals surface area contributed by atoms with Crippen molar-refractivity contribution in [2.45, 2.75) is 32.0 Å². The maximum Gasteiger partial charge on any atom is 0.123 e. The van der Waals surface area contributed by atoms with E-state index in [-0.39, 0.29) is 18.5 Å². The first kappa shape index (κ1) is 23.1. The molecule has 0 aromatic heterocycles. The number of benzene rings is 2. The lowest BCUT2D eigenvalue weighted by Gasteiger charge is -2.42. The van der Waals surface area contributed by atoms with Gasteiger partial charge in [-0.05, 0) is 48.7 Å². The lowest BCUT2D eigenvalue weighted by Crippen LogP contribution is -2.54. The molecule has 174 valence electrons. The van der Waals surface area contributed by atoms with Crippen LogP contribution in [-0.2, 0) is 6.54 Å². The van der Waals surface area contributed by atoms with Crippen LogP contribution < -0.4 is 15.6 Å². The van der Waals surface area contributed by atoms with E-state index in [2.05, 4.69) is 32.8 Å². The number of ether oxygens (including phenoxy) is 1. The van der Waals surface area contributed by atoms with Crippen molar-refractivity contribution in [3.63, 3.8) is 0 Å². The lowest BCUT2D eigenvalue weighted by molar-refractivity contribution is 0.0457. The average molecular weight is 443 g/mol. The van der Waals surface area contributed by atoms with Crippen LogP contribution in [-0.4, -0.2) is 66.9 Å². The fourth-order valence-electron chi connectivity index (χ4n) is 4.94. The van der Waals surface area contributed by atoms with Gasteiger partial charge >= 0.3 is 0 Å². The first-order valence-electron chi connectivity index (χ1n) is 11.7. The quantitative estimate of drug-likeness (QED) is 0.555. The molecule has 0 aliphatic carbocycles. The van der Waals surface area contributed by atoms with Crippen LogP contribution in [0.2, 0.25) is 0 Å². The van der Waals surface area contributed by atoms with E-state index in [4.69, 9.17) is 4.74 Å². The number of hydrazine groups is 1. The topological polar surface area (TPSA) is 60.0 Å². The van der Waals surface area contributed by atoms with Crippen LogP contribution in [0.3, 0.4) is 0 Å². The Morgan fingerprint density at radius 3 is 2.75 bits per heavy atom. The van der Waals surface area contributed by atoms with Gasteiger partial charge in [-0.15, -0.1) is 0 Å². The minimum Gasteiger partial charge on any atom is -0.494 e. The van der Waals surface area contributed by atoms with Gasteiger partial charge in [0.05, 0.1) is 12.6 Å². The van der Waals surface area contributed by atoms with Crippen molar-refractivity contribution in [2.24, 2.45) is 5.92 Å². The molecule has 0 saturated carbocycles. The van der Waals surface area contributed by atoms with Gasteiger partial charge in [0.1, 0.15) is 11.6 Å². The van der Waals surface area contributed by atoms with Gasteiger partial charge < -0.3 is 14.7 Å². The molecule has 3 unspecified atom stereocenters. The van der Waals surface area contributed by atoms with Crippen LogP contribution in [0.5, 0.6) is 5.75 Å². The van der Waals surface area contributed by atoms with E-state index in [1.54, 1.807) is 12.1 Å². The summed E-state index contributed by atoms with van der Waals surface area (Å²) in [6.07, 6.45) is 0.766. The largest absolute Gasteiger partial charge is 0.494 e. The number of aliphatic hydroxyl groups is 1. The summed E-state index contributed by atoms with van der Waals surface area (Å²) in [6.45, 7) is 8.43. The Kier molecular flexibility index (Phi) is 8.10. The second kappa shape index (κ2) is 11.2. The first-order valence-corrected chi connectivity index (χ1v) is 11.7. The number of rotatable bonds is 9. The number of halogens is 1. The van der Waals surface area contributed by atoms with Gasteiger partial charge in [-0.25, -0.2) is 9.82 Å². The van der Waals surface area contributed by atoms with Crippen molar-refractivity contribution in [1.82, 2.24) is 20.7 Å². The molecular weight excluding hydrogens is 407 g/mol. The molecular formula is C25H35FN4O2. The summed E-state index contributed by atoms with van der Waals surface area (Å²) < 4.78 is 19.3. The fraction of sp³-hybridized carbons (Fsp3) is 0.520. The van der Waals surface area contributed by atoms with Gasteiger partial charge in [0, 0.05) is 57.8 Å². The van der Waals surface area contributed by atoms with E-state index in [0.29, 0.717) is 18.6 Å². The Morgan fingerprint density at radius 1 is 1.16 bits per heavy atom. The molecule has 3 atom stereocenters. The number of nitrogens with zero attached hydrogens (tertiary/aromatic N) is 2. The monoisotopic (exact) mass is 442 g/mol. The van der Waals surface area contributed by atoms with Crippen LogP contribution >= 0.6 is 0 Å². The van der Waals surface area contributed by atoms with E-state index in [9.17, 15) is 9.50 Å². The zero-order valence-electron chi connectivity index (χ0n) is 18.8. The molecule has 2 aromatic rings. The van der Waals surface area contributed by atoms with Crippen molar-refractivity contribution in [2.75, 3.05) is 45.9 Å². The minimum absolute atomic E-state index is 0.101. The Balaban J connectivity index is 1.36. The minimum atomic E-state index is -0.194. The molecule has 0 radical (unpaired) electrons. The molecule has 2 fully saturated rings. The van der Waals surface area contributed by atoms with Crippen molar-refractivity contribution in [3.8, 4) is 5.75 Å². The molecule has 4 rings (SSSR count). The zero-order chi connectivity index (χ0) is 22.3. The summed E-state index contributed by atoms with van der Waals surface area (Å²) in [5.74, 6) is 1.07. The molecule has 2 heterocycles. The van der Waals surface area contributed by atoms with Crippen molar-refractivity contribution in [1.29, 1.82) is 0 Å². The van der Waals surface area contributed by atoms with Gasteiger partial charge in [-0.2, -0.15) is 0 Å². The fourth-order valence-corrected chi connectivity index (χ4v) is 4.94. The first-order chi connectivity index (χ1) is 15.7. The predicted molar refractivity (Wildman–Crippen MR) is 124 cm³/mol. The van der Waals surface area contributed by atoms with Crippen molar-refractivity contribution >= 4 is 0 Å². The third kappa shape index (κ3) is 5.85. The summed E-state index contributed by atoms with van der Waals surface area (Å²) in [7, 11) is 0. The van der Waals surface area contributed by atoms with Crippen molar-refractivity contribution < 1.29 is 14.2 Å². The molecule has 0 amide bonds. The number of nitrogens with one attached hydrogen (secondary N) is 2. The SMILES string of the molecule is CCOc1ccc(CN2CCN(CC3CNNC3c3cccc(F)c3)CC2CCO)cc1. The Bertz CT molecular complexity index is 850. The van der Waals surface area contributed by atoms with Crippen LogP contribution in [0.1, 0.15) is 30.5 Å². The maximum absolute atomic E-state index is 13.7. The summed E-state index contributed by atoms with van der Waals surface area (Å²) in [4.78, 5) is 4.98. The van der Waals surface area contributed by atoms with Crippen LogP contribution in [0, 0.1) is 11.7 Å². The third-order valence-corrected chi connectivity index (χ3v) is 6.56. The van der Waals surface area contributed by atoms with Gasteiger partial charge in [-0.3, -0.25) is 10.3 Å². The standard InChI is InChI=1S/C25H35FN4O2/c1-2-32-24-8-6-19(7-9-24)16-30-12-11-29(18-23(30)10-13-31)17-21-15-27-28-25(21)20-4-3-5-22(26)14-20/h3-9,14,21,23,25,27-28,31H,2,10-13,15-18H2,1H3. The second-order valence-electron chi connectivity index (χ2n) is 8.79. The van der Waals surface area contributed by atoms with E-state index in [1.165, 1.54) is 11.6 Å². The number of hydrogen-bond donors (Lipinski definition) is 3. The Hall–Kier alpha value is -2.03. The highest BCUT2D eigenvalue weighted by molar-refractivity contribution is 5.27. The molecule has 32 heavy (non-hydrogen) atoms. The molecule has 2 saturated heterocycles. The van der Waals surface area contributed by atoms with E-state index in [0.717, 1.165) is 57.0 Å². The highest BCUT2D eigenvalue weighted by atomic mass is 19.1. The highest BCUT2D eigenvalue weighted by Gasteiger charge is 2.33. The normalized spacial score (nSPS) is 24.7. The van der Waals surface area contributed by atoms with E-state index >= 15 is 0 Å². The summed E-state index contributed by atoms with van der Waals surface area (Å²) >= 11 is 0. The summed E-state index contributed by atoms with van der Waals surface area (Å²) in [5.41, 5.74) is 8.84. The van der Waals surface area contributed by atoms with Gasteiger partial charge in [0.15, 0.2) is 0 Å². The maximum atomic E-state index is 13.7. The summed E-state index contributed by atoms with van der Waals surface area (Å²) in [6, 6.07) is 15.6. The van der Waals surface area contributed by atoms with Crippen LogP contribution in [0.25, 0.3) is 0 Å². The average Bonchev–Trinajstić information content (AvgIpc) is 3.25. The second-order valence-corrected chi connectivity index (χ2v) is 8.79. The molecule has 7 heteroatoms. The van der Waals surface area contributed by atoms with E-state index < -0.39 is 0 Å². The number of aliphatic hydroxyl groups excluding tert-OH is 1. The molecule has 2 aliphatic heterocycles. The molecule has 0 spiro atoms.